The van der Waals surface area contributed by atoms with E-state index >= 15 is 0 Å². The summed E-state index contributed by atoms with van der Waals surface area (Å²) < 4.78 is 4.16. The Labute approximate surface area is 184 Å². The molecule has 1 aliphatic heterocycles. The first-order valence-corrected chi connectivity index (χ1v) is 11.7. The molecule has 5 rings (SSSR count). The molecule has 1 fully saturated rings. The van der Waals surface area contributed by atoms with Crippen LogP contribution in [-0.4, -0.2) is 25.2 Å². The van der Waals surface area contributed by atoms with E-state index in [9.17, 15) is 4.79 Å². The van der Waals surface area contributed by atoms with Crippen molar-refractivity contribution in [2.75, 3.05) is 0 Å². The smallest absolute Gasteiger partial charge is 0.223 e. The van der Waals surface area contributed by atoms with Gasteiger partial charge in [-0.3, -0.25) is 4.79 Å². The third kappa shape index (κ3) is 3.93. The predicted octanol–water partition coefficient (Wildman–Crippen LogP) is 5.48. The van der Waals surface area contributed by atoms with Crippen LogP contribution in [0.2, 0.25) is 0 Å². The summed E-state index contributed by atoms with van der Waals surface area (Å²) in [7, 11) is 0. The van der Waals surface area contributed by atoms with Gasteiger partial charge in [-0.25, -0.2) is 4.68 Å². The molecule has 1 amide bonds. The van der Waals surface area contributed by atoms with Gasteiger partial charge in [0, 0.05) is 24.4 Å². The highest BCUT2D eigenvalue weighted by Crippen LogP contribution is 2.32. The summed E-state index contributed by atoms with van der Waals surface area (Å²) in [6.07, 6.45) is 12.5. The second kappa shape index (κ2) is 8.37. The standard InChI is InChI=1S/C26H32N4O/c1-19-10-12-22(16-20(19)2)30-26(28-14-6-7-15-28)23-17-29(18-24(23)27-30)25(31)13-11-21-8-4-3-5-9-21/h6-7,10,12,14-16,21H,3-5,8-9,11,13,17-18H2,1-2H3. The van der Waals surface area contributed by atoms with Gasteiger partial charge >= 0.3 is 0 Å². The van der Waals surface area contributed by atoms with Crippen LogP contribution in [0.4, 0.5) is 0 Å². The Balaban J connectivity index is 1.39. The third-order valence-corrected chi connectivity index (χ3v) is 7.16. The van der Waals surface area contributed by atoms with E-state index in [-0.39, 0.29) is 5.91 Å². The lowest BCUT2D eigenvalue weighted by molar-refractivity contribution is -0.132. The summed E-state index contributed by atoms with van der Waals surface area (Å²) in [6.45, 7) is 5.53. The molecule has 2 aromatic heterocycles. The Morgan fingerprint density at radius 3 is 2.55 bits per heavy atom. The quantitative estimate of drug-likeness (QED) is 0.552. The Bertz CT molecular complexity index is 1070. The maximum atomic E-state index is 13.0. The summed E-state index contributed by atoms with van der Waals surface area (Å²) in [5.74, 6) is 2.07. The number of aromatic nitrogens is 3. The van der Waals surface area contributed by atoms with Crippen LogP contribution >= 0.6 is 0 Å². The Morgan fingerprint density at radius 2 is 1.81 bits per heavy atom. The van der Waals surface area contributed by atoms with Gasteiger partial charge in [-0.2, -0.15) is 5.10 Å². The molecular formula is C26H32N4O. The number of amides is 1. The van der Waals surface area contributed by atoms with E-state index in [1.54, 1.807) is 0 Å². The second-order valence-electron chi connectivity index (χ2n) is 9.31. The molecule has 0 N–H and O–H groups in total. The fourth-order valence-corrected chi connectivity index (χ4v) is 5.12. The molecule has 1 saturated carbocycles. The lowest BCUT2D eigenvalue weighted by Gasteiger charge is -2.23. The maximum absolute atomic E-state index is 13.0. The van der Waals surface area contributed by atoms with Gasteiger partial charge < -0.3 is 9.47 Å². The molecular weight excluding hydrogens is 384 g/mol. The number of carbonyl (C=O) groups excluding carboxylic acids is 1. The lowest BCUT2D eigenvalue weighted by atomic mass is 9.86. The molecule has 0 atom stereocenters. The molecule has 0 bridgehead atoms. The monoisotopic (exact) mass is 416 g/mol. The van der Waals surface area contributed by atoms with Crippen molar-refractivity contribution < 1.29 is 4.79 Å². The Hall–Kier alpha value is -2.82. The van der Waals surface area contributed by atoms with E-state index in [0.29, 0.717) is 19.5 Å². The molecule has 1 aromatic carbocycles. The number of fused-ring (bicyclic) bond motifs is 1. The number of hydrogen-bond acceptors (Lipinski definition) is 2. The van der Waals surface area contributed by atoms with Crippen LogP contribution in [0.3, 0.4) is 0 Å². The SMILES string of the molecule is Cc1ccc(-n2nc3c(c2-n2cccc2)CN(C(=O)CCC2CCCCC2)C3)cc1C. The van der Waals surface area contributed by atoms with Crippen LogP contribution in [0.15, 0.2) is 42.7 Å². The van der Waals surface area contributed by atoms with Gasteiger partial charge in [-0.1, -0.05) is 38.2 Å². The molecule has 1 aliphatic carbocycles. The highest BCUT2D eigenvalue weighted by molar-refractivity contribution is 5.77. The first-order valence-electron chi connectivity index (χ1n) is 11.7. The van der Waals surface area contributed by atoms with Crippen molar-refractivity contribution in [2.45, 2.75) is 71.9 Å². The van der Waals surface area contributed by atoms with Crippen molar-refractivity contribution in [3.8, 4) is 11.5 Å². The molecule has 5 heteroatoms. The van der Waals surface area contributed by atoms with Crippen molar-refractivity contribution >= 4 is 5.91 Å². The van der Waals surface area contributed by atoms with E-state index < -0.39 is 0 Å². The van der Waals surface area contributed by atoms with E-state index in [0.717, 1.165) is 29.5 Å². The van der Waals surface area contributed by atoms with Crippen molar-refractivity contribution in [3.05, 3.63) is 65.1 Å². The zero-order valence-corrected chi connectivity index (χ0v) is 18.7. The number of carbonyl (C=O) groups is 1. The number of benzene rings is 1. The molecule has 162 valence electrons. The summed E-state index contributed by atoms with van der Waals surface area (Å²) in [5, 5.41) is 4.97. The minimum absolute atomic E-state index is 0.278. The van der Waals surface area contributed by atoms with Gasteiger partial charge in [-0.05, 0) is 61.6 Å². The van der Waals surface area contributed by atoms with E-state index in [1.165, 1.54) is 48.8 Å². The van der Waals surface area contributed by atoms with Crippen LogP contribution in [0.25, 0.3) is 11.5 Å². The van der Waals surface area contributed by atoms with Crippen LogP contribution in [0.5, 0.6) is 0 Å². The third-order valence-electron chi connectivity index (χ3n) is 7.16. The van der Waals surface area contributed by atoms with Crippen molar-refractivity contribution in [1.29, 1.82) is 0 Å². The Morgan fingerprint density at radius 1 is 1.03 bits per heavy atom. The van der Waals surface area contributed by atoms with Gasteiger partial charge in [0.05, 0.1) is 24.5 Å². The summed E-state index contributed by atoms with van der Waals surface area (Å²) in [4.78, 5) is 15.0. The summed E-state index contributed by atoms with van der Waals surface area (Å²) >= 11 is 0. The number of rotatable bonds is 5. The molecule has 0 spiro atoms. The molecule has 0 unspecified atom stereocenters. The zero-order valence-electron chi connectivity index (χ0n) is 18.7. The molecule has 3 heterocycles. The van der Waals surface area contributed by atoms with E-state index in [2.05, 4.69) is 49.0 Å². The minimum Gasteiger partial charge on any atom is -0.332 e. The number of nitrogens with zero attached hydrogens (tertiary/aromatic N) is 4. The van der Waals surface area contributed by atoms with Crippen molar-refractivity contribution in [3.63, 3.8) is 0 Å². The Kier molecular flexibility index (Phi) is 5.43. The van der Waals surface area contributed by atoms with Crippen LogP contribution < -0.4 is 0 Å². The second-order valence-corrected chi connectivity index (χ2v) is 9.31. The van der Waals surface area contributed by atoms with E-state index in [4.69, 9.17) is 5.10 Å². The maximum Gasteiger partial charge on any atom is 0.223 e. The topological polar surface area (TPSA) is 43.1 Å². The average molecular weight is 417 g/mol. The van der Waals surface area contributed by atoms with Crippen molar-refractivity contribution in [2.24, 2.45) is 5.92 Å². The zero-order chi connectivity index (χ0) is 21.4. The first-order chi connectivity index (χ1) is 15.1. The van der Waals surface area contributed by atoms with Gasteiger partial charge in [-0.15, -0.1) is 0 Å². The lowest BCUT2D eigenvalue weighted by Crippen LogP contribution is -2.27. The molecule has 0 saturated heterocycles. The van der Waals surface area contributed by atoms with Crippen LogP contribution in [-0.2, 0) is 17.9 Å². The number of aryl methyl sites for hydroxylation is 2. The fraction of sp³-hybridized carbons (Fsp3) is 0.462. The summed E-state index contributed by atoms with van der Waals surface area (Å²) in [6, 6.07) is 10.5. The summed E-state index contributed by atoms with van der Waals surface area (Å²) in [5.41, 5.74) is 5.79. The van der Waals surface area contributed by atoms with Crippen molar-refractivity contribution in [1.82, 2.24) is 19.2 Å². The molecule has 5 nitrogen and oxygen atoms in total. The highest BCUT2D eigenvalue weighted by Gasteiger charge is 2.31. The fourth-order valence-electron chi connectivity index (χ4n) is 5.12. The first kappa shape index (κ1) is 20.1. The van der Waals surface area contributed by atoms with Crippen LogP contribution in [0, 0.1) is 19.8 Å². The van der Waals surface area contributed by atoms with E-state index in [1.807, 2.05) is 21.7 Å². The normalized spacial score (nSPS) is 16.6. The predicted molar refractivity (Wildman–Crippen MR) is 122 cm³/mol. The van der Waals surface area contributed by atoms with Crippen LogP contribution in [0.1, 0.15) is 67.3 Å². The van der Waals surface area contributed by atoms with Gasteiger partial charge in [0.2, 0.25) is 5.91 Å². The average Bonchev–Trinajstić information content (AvgIpc) is 3.50. The van der Waals surface area contributed by atoms with Gasteiger partial charge in [0.15, 0.2) is 0 Å². The minimum atomic E-state index is 0.278. The van der Waals surface area contributed by atoms with Gasteiger partial charge in [0.1, 0.15) is 5.82 Å². The molecule has 3 aromatic rings. The molecule has 0 radical (unpaired) electrons. The largest absolute Gasteiger partial charge is 0.332 e. The molecule has 2 aliphatic rings. The van der Waals surface area contributed by atoms with Gasteiger partial charge in [0.25, 0.3) is 0 Å². The number of hydrogen-bond donors (Lipinski definition) is 0. The highest BCUT2D eigenvalue weighted by atomic mass is 16.2. The molecule has 31 heavy (non-hydrogen) atoms.